The van der Waals surface area contributed by atoms with Gasteiger partial charge in [0, 0.05) is 29.8 Å². The molecule has 9 heteroatoms. The van der Waals surface area contributed by atoms with E-state index in [1.54, 1.807) is 29.1 Å². The van der Waals surface area contributed by atoms with Crippen LogP contribution in [0, 0.1) is 6.92 Å². The summed E-state index contributed by atoms with van der Waals surface area (Å²) < 4.78 is 7.98. The number of para-hydroxylation sites is 1. The molecule has 0 aliphatic carbocycles. The van der Waals surface area contributed by atoms with Crippen molar-refractivity contribution in [1.82, 2.24) is 29.7 Å². The van der Waals surface area contributed by atoms with Crippen molar-refractivity contribution in [2.45, 2.75) is 20.3 Å². The second kappa shape index (κ2) is 11.8. The lowest BCUT2D eigenvalue weighted by atomic mass is 10.1. The Morgan fingerprint density at radius 2 is 1.67 bits per heavy atom. The number of aryl methyl sites for hydroxylation is 2. The maximum atomic E-state index is 13.6. The van der Waals surface area contributed by atoms with E-state index in [1.165, 1.54) is 6.33 Å². The smallest absolute Gasteiger partial charge is 0.256 e. The van der Waals surface area contributed by atoms with Gasteiger partial charge in [-0.25, -0.2) is 24.6 Å². The summed E-state index contributed by atoms with van der Waals surface area (Å²) in [7, 11) is 0. The molecule has 0 radical (unpaired) electrons. The fraction of sp³-hybridized carbons (Fsp3) is 0.0909. The first-order valence-corrected chi connectivity index (χ1v) is 13.5. The maximum absolute atomic E-state index is 13.6. The summed E-state index contributed by atoms with van der Waals surface area (Å²) in [6.07, 6.45) is 3.80. The van der Waals surface area contributed by atoms with Gasteiger partial charge in [-0.05, 0) is 48.9 Å². The van der Waals surface area contributed by atoms with Crippen LogP contribution in [0.5, 0.6) is 11.6 Å². The van der Waals surface area contributed by atoms with Crippen LogP contribution in [0.4, 0.5) is 5.82 Å². The first-order valence-electron chi connectivity index (χ1n) is 13.5. The number of hydrogen-bond donors (Lipinski definition) is 1. The van der Waals surface area contributed by atoms with Gasteiger partial charge in [-0.1, -0.05) is 61.5 Å². The lowest BCUT2D eigenvalue weighted by Crippen LogP contribution is -2.15. The van der Waals surface area contributed by atoms with Crippen molar-refractivity contribution in [3.05, 3.63) is 127 Å². The minimum absolute atomic E-state index is 0.303. The van der Waals surface area contributed by atoms with Crippen molar-refractivity contribution in [2.75, 3.05) is 5.32 Å². The third-order valence-corrected chi connectivity index (χ3v) is 6.63. The van der Waals surface area contributed by atoms with Crippen molar-refractivity contribution < 1.29 is 9.53 Å². The van der Waals surface area contributed by atoms with E-state index in [1.807, 2.05) is 92.7 Å². The number of benzene rings is 3. The Morgan fingerprint density at radius 3 is 2.45 bits per heavy atom. The summed E-state index contributed by atoms with van der Waals surface area (Å²) in [5.41, 5.74) is 4.41. The molecule has 3 aromatic heterocycles. The number of amides is 1. The van der Waals surface area contributed by atoms with E-state index in [4.69, 9.17) is 9.84 Å². The van der Waals surface area contributed by atoms with Crippen LogP contribution in [0.15, 0.2) is 110 Å². The molecule has 42 heavy (non-hydrogen) atoms. The highest BCUT2D eigenvalue weighted by Gasteiger charge is 2.18. The van der Waals surface area contributed by atoms with Crippen LogP contribution >= 0.6 is 0 Å². The predicted molar refractivity (Wildman–Crippen MR) is 161 cm³/mol. The molecule has 9 nitrogen and oxygen atoms in total. The van der Waals surface area contributed by atoms with Gasteiger partial charge in [0.05, 0.1) is 16.9 Å². The standard InChI is InChI=1S/C33H27N7O2/c1-3-29-35-21-36-31(37-29)26-15-10-18-34-33(26)42-28-19-24(17-16-22(28)2)32(41)38-30-20-27(23-11-6-4-7-12-23)39-40(30)25-13-8-5-9-14-25/h4-21H,3H2,1-2H3,(H,38,41). The summed E-state index contributed by atoms with van der Waals surface area (Å²) in [6, 6.07) is 30.3. The topological polar surface area (TPSA) is 108 Å². The molecular weight excluding hydrogens is 526 g/mol. The number of nitrogens with one attached hydrogen (secondary N) is 1. The number of pyridine rings is 1. The number of ether oxygens (including phenoxy) is 1. The van der Waals surface area contributed by atoms with E-state index in [-0.39, 0.29) is 5.91 Å². The second-order valence-electron chi connectivity index (χ2n) is 9.50. The predicted octanol–water partition coefficient (Wildman–Crippen LogP) is 6.70. The fourth-order valence-corrected chi connectivity index (χ4v) is 4.40. The van der Waals surface area contributed by atoms with E-state index < -0.39 is 0 Å². The molecule has 0 bridgehead atoms. The minimum Gasteiger partial charge on any atom is -0.438 e. The summed E-state index contributed by atoms with van der Waals surface area (Å²) in [5, 5.41) is 7.83. The Morgan fingerprint density at radius 1 is 0.881 bits per heavy atom. The Bertz CT molecular complexity index is 1850. The average molecular weight is 554 g/mol. The molecule has 6 aromatic rings. The Hall–Kier alpha value is -5.70. The summed E-state index contributed by atoms with van der Waals surface area (Å²) >= 11 is 0. The van der Waals surface area contributed by atoms with Gasteiger partial charge in [0.1, 0.15) is 23.7 Å². The van der Waals surface area contributed by atoms with Crippen molar-refractivity contribution >= 4 is 11.7 Å². The molecule has 3 heterocycles. The van der Waals surface area contributed by atoms with Crippen LogP contribution in [0.3, 0.4) is 0 Å². The quantitative estimate of drug-likeness (QED) is 0.223. The summed E-state index contributed by atoms with van der Waals surface area (Å²) in [4.78, 5) is 31.0. The van der Waals surface area contributed by atoms with Gasteiger partial charge in [-0.2, -0.15) is 5.10 Å². The van der Waals surface area contributed by atoms with Gasteiger partial charge in [-0.15, -0.1) is 0 Å². The SMILES string of the molecule is CCc1ncnc(-c2cccnc2Oc2cc(C(=O)Nc3cc(-c4ccccc4)nn3-c3ccccc3)ccc2C)n1. The third kappa shape index (κ3) is 5.62. The van der Waals surface area contributed by atoms with Crippen LogP contribution in [0.2, 0.25) is 0 Å². The molecule has 0 aliphatic heterocycles. The fourth-order valence-electron chi connectivity index (χ4n) is 4.40. The molecular formula is C33H27N7O2. The van der Waals surface area contributed by atoms with Crippen LogP contribution in [-0.4, -0.2) is 35.6 Å². The zero-order valence-corrected chi connectivity index (χ0v) is 23.1. The normalized spacial score (nSPS) is 10.8. The number of anilines is 1. The van der Waals surface area contributed by atoms with E-state index in [2.05, 4.69) is 25.3 Å². The lowest BCUT2D eigenvalue weighted by molar-refractivity contribution is 0.102. The van der Waals surface area contributed by atoms with E-state index in [0.717, 1.165) is 22.5 Å². The Balaban J connectivity index is 1.30. The largest absolute Gasteiger partial charge is 0.438 e. The highest BCUT2D eigenvalue weighted by molar-refractivity contribution is 6.04. The van der Waals surface area contributed by atoms with Crippen molar-refractivity contribution in [2.24, 2.45) is 0 Å². The number of carbonyl (C=O) groups excluding carboxylic acids is 1. The van der Waals surface area contributed by atoms with E-state index in [9.17, 15) is 4.79 Å². The van der Waals surface area contributed by atoms with Gasteiger partial charge in [0.2, 0.25) is 5.88 Å². The second-order valence-corrected chi connectivity index (χ2v) is 9.50. The minimum atomic E-state index is -0.303. The van der Waals surface area contributed by atoms with Crippen LogP contribution < -0.4 is 10.1 Å². The molecule has 0 spiro atoms. The van der Waals surface area contributed by atoms with Crippen molar-refractivity contribution in [3.63, 3.8) is 0 Å². The molecule has 6 rings (SSSR count). The molecule has 3 aromatic carbocycles. The van der Waals surface area contributed by atoms with Crippen LogP contribution in [0.1, 0.15) is 28.7 Å². The highest BCUT2D eigenvalue weighted by atomic mass is 16.5. The number of rotatable bonds is 8. The molecule has 0 unspecified atom stereocenters. The van der Waals surface area contributed by atoms with Crippen LogP contribution in [-0.2, 0) is 6.42 Å². The van der Waals surface area contributed by atoms with Gasteiger partial charge < -0.3 is 10.1 Å². The molecule has 0 fully saturated rings. The van der Waals surface area contributed by atoms with Gasteiger partial charge >= 0.3 is 0 Å². The molecule has 0 aliphatic rings. The average Bonchev–Trinajstić information content (AvgIpc) is 3.47. The summed E-state index contributed by atoms with van der Waals surface area (Å²) in [6.45, 7) is 3.89. The highest BCUT2D eigenvalue weighted by Crippen LogP contribution is 2.32. The van der Waals surface area contributed by atoms with Gasteiger partial charge in [0.25, 0.3) is 5.91 Å². The zero-order valence-electron chi connectivity index (χ0n) is 23.1. The molecule has 1 amide bonds. The first kappa shape index (κ1) is 26.5. The molecule has 206 valence electrons. The lowest BCUT2D eigenvalue weighted by Gasteiger charge is -2.13. The van der Waals surface area contributed by atoms with E-state index in [0.29, 0.717) is 46.6 Å². The number of aromatic nitrogens is 6. The van der Waals surface area contributed by atoms with Gasteiger partial charge in [-0.3, -0.25) is 4.79 Å². The maximum Gasteiger partial charge on any atom is 0.256 e. The van der Waals surface area contributed by atoms with Crippen LogP contribution in [0.25, 0.3) is 28.3 Å². The number of nitrogens with zero attached hydrogens (tertiary/aromatic N) is 6. The molecule has 0 atom stereocenters. The Labute approximate surface area is 242 Å². The molecule has 0 saturated heterocycles. The monoisotopic (exact) mass is 553 g/mol. The van der Waals surface area contributed by atoms with Crippen molar-refractivity contribution in [1.29, 1.82) is 0 Å². The summed E-state index contributed by atoms with van der Waals surface area (Å²) in [5.74, 6) is 2.22. The third-order valence-electron chi connectivity index (χ3n) is 6.63. The first-order chi connectivity index (χ1) is 20.6. The molecule has 0 saturated carbocycles. The Kier molecular flexibility index (Phi) is 7.46. The number of carbonyl (C=O) groups is 1. The van der Waals surface area contributed by atoms with Gasteiger partial charge in [0.15, 0.2) is 5.82 Å². The van der Waals surface area contributed by atoms with Crippen molar-refractivity contribution in [3.8, 4) is 40.0 Å². The van der Waals surface area contributed by atoms with E-state index >= 15 is 0 Å². The zero-order chi connectivity index (χ0) is 28.9. The molecule has 1 N–H and O–H groups in total. The number of hydrogen-bond acceptors (Lipinski definition) is 7.